The van der Waals surface area contributed by atoms with E-state index in [0.717, 1.165) is 23.0 Å². The van der Waals surface area contributed by atoms with E-state index in [0.29, 0.717) is 12.1 Å². The number of para-hydroxylation sites is 1. The van der Waals surface area contributed by atoms with Crippen LogP contribution in [0.3, 0.4) is 0 Å². The van der Waals surface area contributed by atoms with Crippen LogP contribution in [0, 0.1) is 11.3 Å². The molecule has 0 aliphatic carbocycles. The molecule has 2 fully saturated rings. The zero-order valence-corrected chi connectivity index (χ0v) is 12.7. The highest BCUT2D eigenvalue weighted by atomic mass is 79.9. The molecule has 0 saturated carbocycles. The van der Waals surface area contributed by atoms with Gasteiger partial charge in [0.1, 0.15) is 5.54 Å². The van der Waals surface area contributed by atoms with Gasteiger partial charge in [0.25, 0.3) is 0 Å². The van der Waals surface area contributed by atoms with E-state index in [1.807, 2.05) is 24.3 Å². The fourth-order valence-corrected chi connectivity index (χ4v) is 3.90. The van der Waals surface area contributed by atoms with Crippen molar-refractivity contribution in [1.29, 1.82) is 5.26 Å². The van der Waals surface area contributed by atoms with Crippen LogP contribution in [0.5, 0.6) is 0 Å². The second-order valence-corrected chi connectivity index (χ2v) is 6.61. The van der Waals surface area contributed by atoms with Crippen LogP contribution in [0.25, 0.3) is 0 Å². The Morgan fingerprint density at radius 2 is 1.95 bits per heavy atom. The maximum Gasteiger partial charge on any atom is 0.128 e. The third-order valence-corrected chi connectivity index (χ3v) is 5.31. The summed E-state index contributed by atoms with van der Waals surface area (Å²) in [4.78, 5) is 2.46. The Hall–Kier alpha value is -1.05. The van der Waals surface area contributed by atoms with E-state index in [-0.39, 0.29) is 0 Å². The average molecular weight is 320 g/mol. The zero-order chi connectivity index (χ0) is 13.5. The predicted molar refractivity (Wildman–Crippen MR) is 79.9 cm³/mol. The van der Waals surface area contributed by atoms with Gasteiger partial charge in [-0.3, -0.25) is 0 Å². The number of fused-ring (bicyclic) bond motifs is 2. The van der Waals surface area contributed by atoms with Gasteiger partial charge in [0, 0.05) is 22.2 Å². The van der Waals surface area contributed by atoms with Crippen molar-refractivity contribution in [1.82, 2.24) is 4.90 Å². The standard InChI is InChI=1S/C15H18BrN3/c1-19-11-6-7-12(19)9-15(8-11,10-17)18-14-5-3-2-4-13(14)16/h2-5,11-12,18H,6-9H2,1H3. The maximum absolute atomic E-state index is 9.70. The molecule has 1 aromatic rings. The molecular weight excluding hydrogens is 302 g/mol. The lowest BCUT2D eigenvalue weighted by Crippen LogP contribution is -2.52. The second kappa shape index (κ2) is 4.81. The van der Waals surface area contributed by atoms with Crippen molar-refractivity contribution in [3.05, 3.63) is 28.7 Å². The Balaban J connectivity index is 1.86. The highest BCUT2D eigenvalue weighted by Gasteiger charge is 2.47. The van der Waals surface area contributed by atoms with Gasteiger partial charge < -0.3 is 10.2 Å². The van der Waals surface area contributed by atoms with E-state index in [1.165, 1.54) is 12.8 Å². The van der Waals surface area contributed by atoms with Crippen LogP contribution in [0.4, 0.5) is 5.69 Å². The Labute approximate surface area is 122 Å². The molecule has 2 heterocycles. The molecule has 2 aliphatic rings. The summed E-state index contributed by atoms with van der Waals surface area (Å²) in [6.45, 7) is 0. The molecule has 3 nitrogen and oxygen atoms in total. The van der Waals surface area contributed by atoms with Gasteiger partial charge in [-0.25, -0.2) is 0 Å². The molecule has 19 heavy (non-hydrogen) atoms. The maximum atomic E-state index is 9.70. The largest absolute Gasteiger partial charge is 0.366 e. The molecule has 2 bridgehead atoms. The smallest absolute Gasteiger partial charge is 0.128 e. The zero-order valence-electron chi connectivity index (χ0n) is 11.1. The van der Waals surface area contributed by atoms with Crippen LogP contribution < -0.4 is 5.32 Å². The van der Waals surface area contributed by atoms with Crippen LogP contribution in [0.15, 0.2) is 28.7 Å². The predicted octanol–water partition coefficient (Wildman–Crippen LogP) is 3.38. The number of nitriles is 1. The van der Waals surface area contributed by atoms with Gasteiger partial charge in [0.05, 0.1) is 6.07 Å². The molecule has 1 N–H and O–H groups in total. The monoisotopic (exact) mass is 319 g/mol. The first-order chi connectivity index (χ1) is 9.13. The van der Waals surface area contributed by atoms with E-state index < -0.39 is 5.54 Å². The average Bonchev–Trinajstić information content (AvgIpc) is 2.65. The molecule has 0 aromatic heterocycles. The van der Waals surface area contributed by atoms with Gasteiger partial charge in [-0.1, -0.05) is 12.1 Å². The summed E-state index contributed by atoms with van der Waals surface area (Å²) in [6.07, 6.45) is 4.28. The van der Waals surface area contributed by atoms with Crippen molar-refractivity contribution in [2.75, 3.05) is 12.4 Å². The Morgan fingerprint density at radius 3 is 2.53 bits per heavy atom. The number of hydrogen-bond acceptors (Lipinski definition) is 3. The molecule has 2 saturated heterocycles. The molecule has 2 aliphatic heterocycles. The lowest BCUT2D eigenvalue weighted by atomic mass is 9.84. The van der Waals surface area contributed by atoms with Gasteiger partial charge in [-0.15, -0.1) is 0 Å². The summed E-state index contributed by atoms with van der Waals surface area (Å²) in [5.41, 5.74) is 0.607. The highest BCUT2D eigenvalue weighted by molar-refractivity contribution is 9.10. The molecule has 0 amide bonds. The minimum atomic E-state index is -0.414. The van der Waals surface area contributed by atoms with Crippen LogP contribution in [0.2, 0.25) is 0 Å². The molecule has 3 rings (SSSR count). The molecule has 1 aromatic carbocycles. The van der Waals surface area contributed by atoms with Crippen LogP contribution in [0.1, 0.15) is 25.7 Å². The molecular formula is C15H18BrN3. The van der Waals surface area contributed by atoms with Crippen molar-refractivity contribution in [2.24, 2.45) is 0 Å². The summed E-state index contributed by atoms with van der Waals surface area (Å²) in [5, 5.41) is 13.2. The summed E-state index contributed by atoms with van der Waals surface area (Å²) in [5.74, 6) is 0. The fraction of sp³-hybridized carbons (Fsp3) is 0.533. The van der Waals surface area contributed by atoms with Crippen molar-refractivity contribution in [2.45, 2.75) is 43.3 Å². The van der Waals surface area contributed by atoms with Crippen molar-refractivity contribution in [3.63, 3.8) is 0 Å². The van der Waals surface area contributed by atoms with E-state index >= 15 is 0 Å². The lowest BCUT2D eigenvalue weighted by molar-refractivity contribution is 0.146. The minimum Gasteiger partial charge on any atom is -0.366 e. The normalized spacial score (nSPS) is 33.9. The Bertz CT molecular complexity index is 508. The quantitative estimate of drug-likeness (QED) is 0.908. The third kappa shape index (κ3) is 2.26. The number of rotatable bonds is 2. The third-order valence-electron chi connectivity index (χ3n) is 4.62. The second-order valence-electron chi connectivity index (χ2n) is 5.76. The summed E-state index contributed by atoms with van der Waals surface area (Å²) in [7, 11) is 2.20. The number of nitrogens with one attached hydrogen (secondary N) is 1. The summed E-state index contributed by atoms with van der Waals surface area (Å²) in [6, 6.07) is 11.7. The first kappa shape index (κ1) is 13.0. The van der Waals surface area contributed by atoms with E-state index in [9.17, 15) is 5.26 Å². The van der Waals surface area contributed by atoms with Gasteiger partial charge >= 0.3 is 0 Å². The number of halogens is 1. The molecule has 2 unspecified atom stereocenters. The Kier molecular flexibility index (Phi) is 3.28. The number of anilines is 1. The minimum absolute atomic E-state index is 0.414. The summed E-state index contributed by atoms with van der Waals surface area (Å²) >= 11 is 3.55. The molecule has 2 atom stereocenters. The lowest BCUT2D eigenvalue weighted by Gasteiger charge is -2.42. The van der Waals surface area contributed by atoms with Crippen LogP contribution in [-0.4, -0.2) is 29.6 Å². The van der Waals surface area contributed by atoms with Crippen molar-refractivity contribution < 1.29 is 0 Å². The van der Waals surface area contributed by atoms with E-state index in [1.54, 1.807) is 0 Å². The number of benzene rings is 1. The Morgan fingerprint density at radius 1 is 1.32 bits per heavy atom. The number of hydrogen-bond donors (Lipinski definition) is 1. The van der Waals surface area contributed by atoms with Crippen LogP contribution in [-0.2, 0) is 0 Å². The highest BCUT2D eigenvalue weighted by Crippen LogP contribution is 2.41. The van der Waals surface area contributed by atoms with Crippen molar-refractivity contribution >= 4 is 21.6 Å². The number of piperidine rings is 1. The first-order valence-corrected chi connectivity index (χ1v) is 7.59. The van der Waals surface area contributed by atoms with Crippen LogP contribution >= 0.6 is 15.9 Å². The molecule has 0 spiro atoms. The topological polar surface area (TPSA) is 39.1 Å². The van der Waals surface area contributed by atoms with Crippen molar-refractivity contribution in [3.8, 4) is 6.07 Å². The van der Waals surface area contributed by atoms with Gasteiger partial charge in [-0.2, -0.15) is 5.26 Å². The summed E-state index contributed by atoms with van der Waals surface area (Å²) < 4.78 is 1.02. The SMILES string of the molecule is CN1C2CCC1CC(C#N)(Nc1ccccc1Br)C2. The molecule has 0 radical (unpaired) electrons. The van der Waals surface area contributed by atoms with Gasteiger partial charge in [-0.05, 0) is 60.8 Å². The fourth-order valence-electron chi connectivity index (χ4n) is 3.51. The van der Waals surface area contributed by atoms with E-state index in [4.69, 9.17) is 0 Å². The first-order valence-electron chi connectivity index (χ1n) is 6.79. The van der Waals surface area contributed by atoms with E-state index in [2.05, 4.69) is 39.3 Å². The van der Waals surface area contributed by atoms with Gasteiger partial charge in [0.15, 0.2) is 0 Å². The molecule has 4 heteroatoms. The number of nitrogens with zero attached hydrogens (tertiary/aromatic N) is 2. The van der Waals surface area contributed by atoms with Gasteiger partial charge in [0.2, 0.25) is 0 Å². The molecule has 100 valence electrons.